The molecule has 2 heteroatoms. The molecule has 2 nitrogen and oxygen atoms in total. The molecule has 2 atom stereocenters. The van der Waals surface area contributed by atoms with E-state index in [0.29, 0.717) is 5.92 Å². The van der Waals surface area contributed by atoms with E-state index in [1.165, 1.54) is 44.9 Å². The van der Waals surface area contributed by atoms with Crippen LogP contribution in [0.25, 0.3) is 0 Å². The summed E-state index contributed by atoms with van der Waals surface area (Å²) in [5, 5.41) is 10.6. The van der Waals surface area contributed by atoms with Crippen molar-refractivity contribution in [2.45, 2.75) is 76.4 Å². The highest BCUT2D eigenvalue weighted by molar-refractivity contribution is 4.90. The van der Waals surface area contributed by atoms with Gasteiger partial charge < -0.3 is 9.84 Å². The van der Waals surface area contributed by atoms with E-state index < -0.39 is 0 Å². The summed E-state index contributed by atoms with van der Waals surface area (Å²) in [6.07, 6.45) is 10.8. The van der Waals surface area contributed by atoms with Gasteiger partial charge in [0, 0.05) is 6.61 Å². The predicted octanol–water partition coefficient (Wildman–Crippen LogP) is 3.28. The van der Waals surface area contributed by atoms with Crippen LogP contribution in [0.5, 0.6) is 0 Å². The Bertz CT molecular complexity index is 201. The van der Waals surface area contributed by atoms with Crippen molar-refractivity contribution in [1.29, 1.82) is 0 Å². The first-order valence-electron chi connectivity index (χ1n) is 7.04. The Kier molecular flexibility index (Phi) is 4.26. The summed E-state index contributed by atoms with van der Waals surface area (Å²) in [6.45, 7) is 2.95. The summed E-state index contributed by atoms with van der Waals surface area (Å²) in [4.78, 5) is 0. The van der Waals surface area contributed by atoms with Crippen LogP contribution in [0.15, 0.2) is 0 Å². The SMILES string of the molecule is CC1(C(O)C2CCCCCC2)CCCCO1. The minimum Gasteiger partial charge on any atom is -0.390 e. The highest BCUT2D eigenvalue weighted by Crippen LogP contribution is 2.36. The van der Waals surface area contributed by atoms with Crippen molar-refractivity contribution in [2.24, 2.45) is 5.92 Å². The van der Waals surface area contributed by atoms with Gasteiger partial charge in [-0.05, 0) is 44.9 Å². The zero-order valence-corrected chi connectivity index (χ0v) is 10.6. The molecule has 1 N–H and O–H groups in total. The summed E-state index contributed by atoms with van der Waals surface area (Å²) in [5.74, 6) is 0.477. The topological polar surface area (TPSA) is 29.5 Å². The highest BCUT2D eigenvalue weighted by atomic mass is 16.5. The smallest absolute Gasteiger partial charge is 0.0914 e. The molecule has 1 saturated heterocycles. The van der Waals surface area contributed by atoms with E-state index in [1.54, 1.807) is 0 Å². The molecule has 0 bridgehead atoms. The second-order valence-electron chi connectivity index (χ2n) is 5.81. The van der Waals surface area contributed by atoms with E-state index in [4.69, 9.17) is 4.74 Å². The Labute approximate surface area is 99.4 Å². The molecular weight excluding hydrogens is 200 g/mol. The number of ether oxygens (including phenoxy) is 1. The van der Waals surface area contributed by atoms with Gasteiger partial charge in [0.15, 0.2) is 0 Å². The van der Waals surface area contributed by atoms with Gasteiger partial charge >= 0.3 is 0 Å². The van der Waals surface area contributed by atoms with Crippen molar-refractivity contribution in [3.05, 3.63) is 0 Å². The second-order valence-corrected chi connectivity index (χ2v) is 5.81. The average molecular weight is 226 g/mol. The molecule has 0 spiro atoms. The third-order valence-electron chi connectivity index (χ3n) is 4.47. The standard InChI is InChI=1S/C14H26O2/c1-14(10-6-7-11-16-14)13(15)12-8-4-2-3-5-9-12/h12-13,15H,2-11H2,1H3. The molecule has 16 heavy (non-hydrogen) atoms. The number of aliphatic hydroxyl groups excluding tert-OH is 1. The van der Waals surface area contributed by atoms with Gasteiger partial charge in [-0.3, -0.25) is 0 Å². The van der Waals surface area contributed by atoms with Crippen LogP contribution in [0.2, 0.25) is 0 Å². The molecular formula is C14H26O2. The van der Waals surface area contributed by atoms with Crippen LogP contribution in [-0.2, 0) is 4.74 Å². The largest absolute Gasteiger partial charge is 0.390 e. The lowest BCUT2D eigenvalue weighted by Crippen LogP contribution is -2.48. The normalized spacial score (nSPS) is 35.6. The van der Waals surface area contributed by atoms with Crippen LogP contribution in [-0.4, -0.2) is 23.4 Å². The minimum atomic E-state index is -0.257. The van der Waals surface area contributed by atoms with Crippen LogP contribution in [0.3, 0.4) is 0 Å². The summed E-state index contributed by atoms with van der Waals surface area (Å²) < 4.78 is 5.87. The molecule has 0 aromatic rings. The van der Waals surface area contributed by atoms with Crippen molar-refractivity contribution in [3.8, 4) is 0 Å². The van der Waals surface area contributed by atoms with Crippen molar-refractivity contribution >= 4 is 0 Å². The number of hydrogen-bond acceptors (Lipinski definition) is 2. The molecule has 94 valence electrons. The van der Waals surface area contributed by atoms with Gasteiger partial charge in [0.25, 0.3) is 0 Å². The van der Waals surface area contributed by atoms with Crippen LogP contribution in [0.1, 0.15) is 64.7 Å². The summed E-state index contributed by atoms with van der Waals surface area (Å²) in [5.41, 5.74) is -0.257. The van der Waals surface area contributed by atoms with Crippen LogP contribution in [0, 0.1) is 5.92 Å². The monoisotopic (exact) mass is 226 g/mol. The Balaban J connectivity index is 1.95. The lowest BCUT2D eigenvalue weighted by molar-refractivity contribution is -0.154. The third-order valence-corrected chi connectivity index (χ3v) is 4.47. The molecule has 0 amide bonds. The van der Waals surface area contributed by atoms with Crippen molar-refractivity contribution < 1.29 is 9.84 Å². The van der Waals surface area contributed by atoms with Gasteiger partial charge in [0.2, 0.25) is 0 Å². The summed E-state index contributed by atoms with van der Waals surface area (Å²) in [7, 11) is 0. The molecule has 1 saturated carbocycles. The summed E-state index contributed by atoms with van der Waals surface area (Å²) >= 11 is 0. The fourth-order valence-corrected chi connectivity index (χ4v) is 3.31. The van der Waals surface area contributed by atoms with Gasteiger partial charge in [0.05, 0.1) is 11.7 Å². The first-order chi connectivity index (χ1) is 7.72. The van der Waals surface area contributed by atoms with Crippen molar-refractivity contribution in [3.63, 3.8) is 0 Å². The first-order valence-corrected chi connectivity index (χ1v) is 7.04. The fourth-order valence-electron chi connectivity index (χ4n) is 3.31. The molecule has 2 aliphatic rings. The molecule has 1 aliphatic carbocycles. The van der Waals surface area contributed by atoms with Gasteiger partial charge in [-0.1, -0.05) is 25.7 Å². The maximum Gasteiger partial charge on any atom is 0.0914 e. The zero-order valence-electron chi connectivity index (χ0n) is 10.6. The highest BCUT2D eigenvalue weighted by Gasteiger charge is 2.39. The first kappa shape index (κ1) is 12.4. The Morgan fingerprint density at radius 1 is 1.06 bits per heavy atom. The Morgan fingerprint density at radius 2 is 1.75 bits per heavy atom. The van der Waals surface area contributed by atoms with Crippen molar-refractivity contribution in [1.82, 2.24) is 0 Å². The molecule has 0 aromatic carbocycles. The number of rotatable bonds is 2. The van der Waals surface area contributed by atoms with Crippen LogP contribution in [0.4, 0.5) is 0 Å². The molecule has 2 unspecified atom stereocenters. The molecule has 2 fully saturated rings. The third kappa shape index (κ3) is 2.78. The molecule has 1 heterocycles. The van der Waals surface area contributed by atoms with Gasteiger partial charge in [-0.15, -0.1) is 0 Å². The lowest BCUT2D eigenvalue weighted by Gasteiger charge is -2.41. The maximum atomic E-state index is 10.6. The van der Waals surface area contributed by atoms with Crippen molar-refractivity contribution in [2.75, 3.05) is 6.61 Å². The van der Waals surface area contributed by atoms with E-state index in [-0.39, 0.29) is 11.7 Å². The molecule has 2 rings (SSSR count). The number of hydrogen-bond donors (Lipinski definition) is 1. The van der Waals surface area contributed by atoms with E-state index in [2.05, 4.69) is 6.92 Å². The Hall–Kier alpha value is -0.0800. The van der Waals surface area contributed by atoms with Gasteiger partial charge in [0.1, 0.15) is 0 Å². The van der Waals surface area contributed by atoms with E-state index in [9.17, 15) is 5.11 Å². The molecule has 0 radical (unpaired) electrons. The maximum absolute atomic E-state index is 10.6. The quantitative estimate of drug-likeness (QED) is 0.732. The second kappa shape index (κ2) is 5.50. The fraction of sp³-hybridized carbons (Fsp3) is 1.00. The van der Waals surface area contributed by atoms with Crippen LogP contribution >= 0.6 is 0 Å². The lowest BCUT2D eigenvalue weighted by atomic mass is 9.80. The molecule has 1 aliphatic heterocycles. The zero-order chi connectivity index (χ0) is 11.4. The van der Waals surface area contributed by atoms with E-state index >= 15 is 0 Å². The Morgan fingerprint density at radius 3 is 2.31 bits per heavy atom. The van der Waals surface area contributed by atoms with E-state index in [0.717, 1.165) is 19.4 Å². The van der Waals surface area contributed by atoms with Gasteiger partial charge in [-0.25, -0.2) is 0 Å². The summed E-state index contributed by atoms with van der Waals surface area (Å²) in [6, 6.07) is 0. The number of aliphatic hydroxyl groups is 1. The predicted molar refractivity (Wildman–Crippen MR) is 65.4 cm³/mol. The van der Waals surface area contributed by atoms with Gasteiger partial charge in [-0.2, -0.15) is 0 Å². The minimum absolute atomic E-state index is 0.245. The van der Waals surface area contributed by atoms with E-state index in [1.807, 2.05) is 0 Å². The van der Waals surface area contributed by atoms with Crippen LogP contribution < -0.4 is 0 Å². The average Bonchev–Trinajstić information content (AvgIpc) is 2.57. The molecule has 0 aromatic heterocycles.